The van der Waals surface area contributed by atoms with Crippen LogP contribution in [-0.4, -0.2) is 44.3 Å². The molecule has 2 fully saturated rings. The normalized spacial score (nSPS) is 29.0. The van der Waals surface area contributed by atoms with Crippen LogP contribution in [0.5, 0.6) is 0 Å². The zero-order valence-electron chi connectivity index (χ0n) is 18.5. The zero-order valence-corrected chi connectivity index (χ0v) is 20.2. The van der Waals surface area contributed by atoms with Crippen LogP contribution in [0.2, 0.25) is 5.32 Å². The summed E-state index contributed by atoms with van der Waals surface area (Å²) in [5.41, 5.74) is 1.42. The van der Waals surface area contributed by atoms with Crippen LogP contribution in [0.4, 0.5) is 0 Å². The molecule has 0 radical (unpaired) electrons. The average Bonchev–Trinajstić information content (AvgIpc) is 2.75. The van der Waals surface area contributed by atoms with E-state index in [1.54, 1.807) is 0 Å². The summed E-state index contributed by atoms with van der Waals surface area (Å²) in [5.74, 6) is 1.41. The SMILES string of the molecule is C[C@@H]1CC[C@@H]2[C@@H](C1)O[C@@H](C[Se]c1ccccc1)N(C/C=C/c1ccccc1)C2(C)C. The maximum atomic E-state index is 6.84. The Bertz CT molecular complexity index is 819. The topological polar surface area (TPSA) is 12.5 Å². The first-order chi connectivity index (χ1) is 14.5. The number of hydrogen-bond donors (Lipinski definition) is 0. The molecule has 3 heteroatoms. The van der Waals surface area contributed by atoms with E-state index in [0.29, 0.717) is 27.0 Å². The Labute approximate surface area is 188 Å². The first-order valence-electron chi connectivity index (χ1n) is 11.4. The number of benzene rings is 2. The number of fused-ring (bicyclic) bond motifs is 1. The van der Waals surface area contributed by atoms with Crippen molar-refractivity contribution < 1.29 is 4.74 Å². The van der Waals surface area contributed by atoms with Gasteiger partial charge < -0.3 is 0 Å². The van der Waals surface area contributed by atoms with Gasteiger partial charge in [-0.15, -0.1) is 0 Å². The van der Waals surface area contributed by atoms with Gasteiger partial charge in [-0.05, 0) is 0 Å². The molecular weight excluding hydrogens is 433 g/mol. The van der Waals surface area contributed by atoms with Gasteiger partial charge in [0.05, 0.1) is 0 Å². The van der Waals surface area contributed by atoms with E-state index in [-0.39, 0.29) is 11.8 Å². The minimum atomic E-state index is 0.154. The molecule has 0 spiro atoms. The standard InChI is InChI=1S/C27H35NOSe/c1-21-16-17-24-25(19-21)29-26(20-30-23-14-8-5-9-15-23)28(27(24,2)3)18-10-13-22-11-6-4-7-12-22/h4-15,21,24-26H,16-20H2,1-3H3/b13-10+/t21-,24-,25-,26+/m1/s1. The fourth-order valence-electron chi connectivity index (χ4n) is 5.18. The number of ether oxygens (including phenoxy) is 1. The van der Waals surface area contributed by atoms with Crippen LogP contribution >= 0.6 is 0 Å². The van der Waals surface area contributed by atoms with Crippen molar-refractivity contribution in [2.75, 3.05) is 6.54 Å². The molecule has 0 N–H and O–H groups in total. The second-order valence-electron chi connectivity index (χ2n) is 9.40. The van der Waals surface area contributed by atoms with Crippen LogP contribution in [-0.2, 0) is 4.74 Å². The number of hydrogen-bond acceptors (Lipinski definition) is 2. The van der Waals surface area contributed by atoms with E-state index in [0.717, 1.165) is 17.8 Å². The van der Waals surface area contributed by atoms with E-state index in [9.17, 15) is 0 Å². The molecule has 0 bridgehead atoms. The second-order valence-corrected chi connectivity index (χ2v) is 11.7. The summed E-state index contributed by atoms with van der Waals surface area (Å²) in [4.78, 5) is 2.65. The maximum absolute atomic E-state index is 6.84. The van der Waals surface area contributed by atoms with Crippen molar-refractivity contribution in [3.05, 3.63) is 72.3 Å². The van der Waals surface area contributed by atoms with E-state index in [4.69, 9.17) is 4.74 Å². The number of rotatable bonds is 6. The Morgan fingerprint density at radius 1 is 1.03 bits per heavy atom. The van der Waals surface area contributed by atoms with Crippen molar-refractivity contribution in [3.63, 3.8) is 0 Å². The van der Waals surface area contributed by atoms with Crippen molar-refractivity contribution in [2.45, 2.75) is 63.2 Å². The summed E-state index contributed by atoms with van der Waals surface area (Å²) >= 11 is 0.427. The average molecular weight is 469 g/mol. The van der Waals surface area contributed by atoms with Gasteiger partial charge in [0.25, 0.3) is 0 Å². The molecule has 1 aliphatic carbocycles. The molecule has 4 atom stereocenters. The van der Waals surface area contributed by atoms with Crippen LogP contribution in [0.3, 0.4) is 0 Å². The first-order valence-corrected chi connectivity index (χ1v) is 13.4. The Kier molecular flexibility index (Phi) is 7.16. The molecule has 4 rings (SSSR count). The molecule has 2 aromatic rings. The molecule has 2 aliphatic rings. The third-order valence-electron chi connectivity index (χ3n) is 6.93. The molecule has 1 saturated heterocycles. The summed E-state index contributed by atoms with van der Waals surface area (Å²) in [6.45, 7) is 8.25. The van der Waals surface area contributed by atoms with Crippen LogP contribution in [0, 0.1) is 11.8 Å². The Morgan fingerprint density at radius 2 is 1.73 bits per heavy atom. The van der Waals surface area contributed by atoms with Crippen LogP contribution in [0.1, 0.15) is 45.6 Å². The molecule has 1 heterocycles. The van der Waals surface area contributed by atoms with Gasteiger partial charge in [-0.1, -0.05) is 0 Å². The summed E-state index contributed by atoms with van der Waals surface area (Å²) in [7, 11) is 0. The third kappa shape index (κ3) is 5.08. The Hall–Kier alpha value is -1.38. The molecule has 30 heavy (non-hydrogen) atoms. The summed E-state index contributed by atoms with van der Waals surface area (Å²) in [6, 6.07) is 21.6. The van der Waals surface area contributed by atoms with Crippen molar-refractivity contribution in [1.82, 2.24) is 4.90 Å². The molecule has 1 aliphatic heterocycles. The predicted octanol–water partition coefficient (Wildman–Crippen LogP) is 5.39. The van der Waals surface area contributed by atoms with Crippen molar-refractivity contribution in [2.24, 2.45) is 11.8 Å². The van der Waals surface area contributed by atoms with Crippen molar-refractivity contribution in [3.8, 4) is 0 Å². The van der Waals surface area contributed by atoms with Crippen molar-refractivity contribution in [1.29, 1.82) is 0 Å². The predicted molar refractivity (Wildman–Crippen MR) is 128 cm³/mol. The quantitative estimate of drug-likeness (QED) is 0.527. The van der Waals surface area contributed by atoms with E-state index in [1.165, 1.54) is 29.3 Å². The van der Waals surface area contributed by atoms with Gasteiger partial charge in [-0.3, -0.25) is 0 Å². The summed E-state index contributed by atoms with van der Waals surface area (Å²) < 4.78 is 8.30. The van der Waals surface area contributed by atoms with Gasteiger partial charge in [-0.2, -0.15) is 0 Å². The molecule has 0 aromatic heterocycles. The number of nitrogens with zero attached hydrogens (tertiary/aromatic N) is 1. The fourth-order valence-corrected chi connectivity index (χ4v) is 7.16. The molecule has 160 valence electrons. The van der Waals surface area contributed by atoms with E-state index in [1.807, 2.05) is 0 Å². The van der Waals surface area contributed by atoms with E-state index < -0.39 is 0 Å². The molecule has 0 unspecified atom stereocenters. The molecule has 1 saturated carbocycles. The molecule has 0 amide bonds. The Morgan fingerprint density at radius 3 is 2.47 bits per heavy atom. The van der Waals surface area contributed by atoms with Crippen LogP contribution < -0.4 is 4.46 Å². The van der Waals surface area contributed by atoms with Gasteiger partial charge in [0.1, 0.15) is 0 Å². The molecule has 2 aromatic carbocycles. The van der Waals surface area contributed by atoms with E-state index >= 15 is 0 Å². The first kappa shape index (κ1) is 21.8. The van der Waals surface area contributed by atoms with Gasteiger partial charge in [0.2, 0.25) is 0 Å². The second kappa shape index (κ2) is 9.83. The molecule has 2 nitrogen and oxygen atoms in total. The van der Waals surface area contributed by atoms with Crippen molar-refractivity contribution >= 4 is 25.5 Å². The summed E-state index contributed by atoms with van der Waals surface area (Å²) in [6.07, 6.45) is 9.03. The van der Waals surface area contributed by atoms with E-state index in [2.05, 4.69) is 98.5 Å². The molecular formula is C27H35NOSe. The zero-order chi connectivity index (χ0) is 21.0. The van der Waals surface area contributed by atoms with Crippen LogP contribution in [0.15, 0.2) is 66.7 Å². The van der Waals surface area contributed by atoms with Gasteiger partial charge in [0, 0.05) is 0 Å². The third-order valence-corrected chi connectivity index (χ3v) is 9.15. The minimum absolute atomic E-state index is 0.154. The van der Waals surface area contributed by atoms with Gasteiger partial charge in [0.15, 0.2) is 0 Å². The van der Waals surface area contributed by atoms with Crippen LogP contribution in [0.25, 0.3) is 6.08 Å². The van der Waals surface area contributed by atoms with Gasteiger partial charge >= 0.3 is 189 Å². The van der Waals surface area contributed by atoms with Gasteiger partial charge in [-0.25, -0.2) is 0 Å². The Balaban J connectivity index is 1.52. The summed E-state index contributed by atoms with van der Waals surface area (Å²) in [5, 5.41) is 1.11. The monoisotopic (exact) mass is 469 g/mol. The fraction of sp³-hybridized carbons (Fsp3) is 0.481.